The summed E-state index contributed by atoms with van der Waals surface area (Å²) in [7, 11) is 5.26. The van der Waals surface area contributed by atoms with Crippen molar-refractivity contribution in [3.63, 3.8) is 0 Å². The molecule has 1 rings (SSSR count). The second-order valence-electron chi connectivity index (χ2n) is 9.95. The Balaban J connectivity index is 2.54. The molecule has 1 aromatic carbocycles. The molecule has 35 heavy (non-hydrogen) atoms. The molecule has 0 aromatic heterocycles. The first-order valence-corrected chi connectivity index (χ1v) is 11.7. The van der Waals surface area contributed by atoms with Gasteiger partial charge in [-0.3, -0.25) is 14.6 Å². The number of carbonyl (C=O) groups is 3. The lowest BCUT2D eigenvalue weighted by Gasteiger charge is -2.33. The maximum Gasteiger partial charge on any atom is 0.417 e. The van der Waals surface area contributed by atoms with Crippen LogP contribution in [0.2, 0.25) is 0 Å². The van der Waals surface area contributed by atoms with E-state index in [1.54, 1.807) is 50.1 Å². The Labute approximate surface area is 209 Å². The number of benzene rings is 1. The Morgan fingerprint density at radius 1 is 0.914 bits per heavy atom. The zero-order valence-corrected chi connectivity index (χ0v) is 22.5. The number of nitrogens with zero attached hydrogens (tertiary/aromatic N) is 3. The number of esters is 1. The summed E-state index contributed by atoms with van der Waals surface area (Å²) in [4.78, 5) is 41.6. The van der Waals surface area contributed by atoms with Gasteiger partial charge in [-0.25, -0.2) is 9.59 Å². The molecular weight excluding hydrogens is 452 g/mol. The van der Waals surface area contributed by atoms with Gasteiger partial charge in [0, 0.05) is 45.3 Å². The highest BCUT2D eigenvalue weighted by Gasteiger charge is 2.24. The lowest BCUT2D eigenvalue weighted by molar-refractivity contribution is -0.167. The third-order valence-corrected chi connectivity index (χ3v) is 5.73. The van der Waals surface area contributed by atoms with Crippen LogP contribution >= 0.6 is 0 Å². The minimum Gasteiger partial charge on any atom is -0.445 e. The summed E-state index contributed by atoms with van der Waals surface area (Å²) in [6.07, 6.45) is -2.18. The molecule has 10 nitrogen and oxygen atoms in total. The maximum atomic E-state index is 12.4. The lowest BCUT2D eigenvalue weighted by atomic mass is 10.1. The Bertz CT molecular complexity index is 837. The van der Waals surface area contributed by atoms with Crippen molar-refractivity contribution in [2.45, 2.75) is 66.0 Å². The van der Waals surface area contributed by atoms with Gasteiger partial charge in [0.15, 0.2) is 0 Å². The fourth-order valence-corrected chi connectivity index (χ4v) is 2.66. The molecule has 0 aliphatic carbocycles. The monoisotopic (exact) mass is 494 g/mol. The van der Waals surface area contributed by atoms with E-state index in [9.17, 15) is 14.4 Å². The van der Waals surface area contributed by atoms with Gasteiger partial charge in [0.05, 0.1) is 0 Å². The van der Waals surface area contributed by atoms with Gasteiger partial charge in [0.1, 0.15) is 12.6 Å². The molecule has 0 aliphatic heterocycles. The summed E-state index contributed by atoms with van der Waals surface area (Å²) in [6, 6.07) is 6.13. The number of likely N-dealkylation sites (N-methyl/N-ethyl adjacent to an activating group) is 2. The third kappa shape index (κ3) is 10.1. The van der Waals surface area contributed by atoms with Crippen LogP contribution in [-0.4, -0.2) is 80.1 Å². The van der Waals surface area contributed by atoms with Crippen LogP contribution in [0.5, 0.6) is 0 Å². The second kappa shape index (κ2) is 13.3. The van der Waals surface area contributed by atoms with Crippen LogP contribution in [-0.2, 0) is 25.6 Å². The predicted octanol–water partition coefficient (Wildman–Crippen LogP) is 3.43. The van der Waals surface area contributed by atoms with Gasteiger partial charge in [-0.15, -0.1) is 0 Å². The molecule has 1 aromatic rings. The van der Waals surface area contributed by atoms with E-state index in [0.717, 1.165) is 12.1 Å². The highest BCUT2D eigenvalue weighted by atomic mass is 16.7. The van der Waals surface area contributed by atoms with Gasteiger partial charge in [0.25, 0.3) is 0 Å². The summed E-state index contributed by atoms with van der Waals surface area (Å²) in [6.45, 7) is 12.8. The van der Waals surface area contributed by atoms with Crippen LogP contribution in [0.15, 0.2) is 24.3 Å². The summed E-state index contributed by atoms with van der Waals surface area (Å²) < 4.78 is 15.6. The molecule has 0 aliphatic rings. The number of nitrogens with two attached hydrogens (primary N) is 1. The lowest BCUT2D eigenvalue weighted by Crippen LogP contribution is -2.43. The molecule has 0 spiro atoms. The van der Waals surface area contributed by atoms with E-state index in [2.05, 4.69) is 25.7 Å². The second-order valence-corrected chi connectivity index (χ2v) is 9.95. The van der Waals surface area contributed by atoms with Crippen molar-refractivity contribution in [1.29, 1.82) is 0 Å². The molecule has 198 valence electrons. The largest absolute Gasteiger partial charge is 0.445 e. The third-order valence-electron chi connectivity index (χ3n) is 5.73. The molecular formula is C25H42N4O6. The number of hydrogen-bond donors (Lipinski definition) is 1. The first-order chi connectivity index (χ1) is 16.1. The average Bonchev–Trinajstić information content (AvgIpc) is 2.78. The Morgan fingerprint density at radius 2 is 1.49 bits per heavy atom. The highest BCUT2D eigenvalue weighted by molar-refractivity contribution is 5.87. The van der Waals surface area contributed by atoms with Crippen molar-refractivity contribution in [3.8, 4) is 0 Å². The molecule has 2 unspecified atom stereocenters. The quantitative estimate of drug-likeness (QED) is 0.389. The average molecular weight is 495 g/mol. The van der Waals surface area contributed by atoms with Crippen LogP contribution < -0.4 is 10.6 Å². The van der Waals surface area contributed by atoms with Gasteiger partial charge in [0.2, 0.25) is 6.29 Å². The molecule has 0 saturated heterocycles. The molecule has 10 heteroatoms. The van der Waals surface area contributed by atoms with Crippen LogP contribution in [0.1, 0.15) is 47.1 Å². The zero-order chi connectivity index (χ0) is 26.9. The number of ether oxygens (including phenoxy) is 3. The van der Waals surface area contributed by atoms with E-state index < -0.39 is 30.5 Å². The molecule has 2 amide bonds. The molecule has 0 radical (unpaired) electrons. The molecule has 0 heterocycles. The van der Waals surface area contributed by atoms with Crippen molar-refractivity contribution in [2.24, 2.45) is 11.7 Å². The van der Waals surface area contributed by atoms with Crippen molar-refractivity contribution >= 4 is 23.8 Å². The smallest absolute Gasteiger partial charge is 0.417 e. The van der Waals surface area contributed by atoms with Gasteiger partial charge in [-0.05, 0) is 51.4 Å². The van der Waals surface area contributed by atoms with E-state index >= 15 is 0 Å². The number of amides is 2. The number of rotatable bonds is 10. The normalized spacial score (nSPS) is 13.3. The fraction of sp³-hybridized carbons (Fsp3) is 0.640. The van der Waals surface area contributed by atoms with Gasteiger partial charge in [-0.2, -0.15) is 0 Å². The Morgan fingerprint density at radius 3 is 2.00 bits per heavy atom. The number of hydrogen-bond acceptors (Lipinski definition) is 8. The van der Waals surface area contributed by atoms with Crippen molar-refractivity contribution in [2.75, 3.05) is 39.1 Å². The van der Waals surface area contributed by atoms with E-state index in [4.69, 9.17) is 19.9 Å². The summed E-state index contributed by atoms with van der Waals surface area (Å²) >= 11 is 0. The summed E-state index contributed by atoms with van der Waals surface area (Å²) in [5.74, 6) is -0.727. The Kier molecular flexibility index (Phi) is 11.5. The van der Waals surface area contributed by atoms with Crippen LogP contribution in [0.25, 0.3) is 0 Å². The topological polar surface area (TPSA) is 115 Å². The standard InChI is InChI=1S/C25H42N4O6/c1-17(2)21(26)22(30)34-18(3)35-24(32)29(9)20-12-10-19(11-13-20)16-33-23(31)27(7)14-15-28(8)25(4,5)6/h10-13,17-18,21H,14-16,26H2,1-9H3. The molecule has 2 N–H and O–H groups in total. The molecule has 0 saturated carbocycles. The number of anilines is 1. The molecule has 0 bridgehead atoms. The first-order valence-electron chi connectivity index (χ1n) is 11.7. The van der Waals surface area contributed by atoms with E-state index in [1.807, 2.05) is 7.05 Å². The zero-order valence-electron chi connectivity index (χ0n) is 22.5. The van der Waals surface area contributed by atoms with Crippen molar-refractivity contribution in [1.82, 2.24) is 9.80 Å². The van der Waals surface area contributed by atoms with E-state index in [-0.39, 0.29) is 18.1 Å². The molecule has 2 atom stereocenters. The maximum absolute atomic E-state index is 12.4. The fourth-order valence-electron chi connectivity index (χ4n) is 2.66. The van der Waals surface area contributed by atoms with Crippen LogP contribution in [0.4, 0.5) is 15.3 Å². The van der Waals surface area contributed by atoms with Crippen molar-refractivity contribution < 1.29 is 28.6 Å². The van der Waals surface area contributed by atoms with Crippen LogP contribution in [0, 0.1) is 5.92 Å². The minimum absolute atomic E-state index is 0.0237. The highest BCUT2D eigenvalue weighted by Crippen LogP contribution is 2.17. The Hall–Kier alpha value is -2.85. The van der Waals surface area contributed by atoms with E-state index in [1.165, 1.54) is 18.9 Å². The minimum atomic E-state index is -1.08. The summed E-state index contributed by atoms with van der Waals surface area (Å²) in [5.41, 5.74) is 7.10. The number of carbonyl (C=O) groups excluding carboxylic acids is 3. The summed E-state index contributed by atoms with van der Waals surface area (Å²) in [5, 5.41) is 0. The SMILES string of the molecule is CC(OC(=O)C(N)C(C)C)OC(=O)N(C)c1ccc(COC(=O)N(C)CCN(C)C(C)(C)C)cc1. The van der Waals surface area contributed by atoms with Gasteiger partial charge >= 0.3 is 18.2 Å². The van der Waals surface area contributed by atoms with Crippen LogP contribution in [0.3, 0.4) is 0 Å². The predicted molar refractivity (Wildman–Crippen MR) is 135 cm³/mol. The molecule has 0 fully saturated rings. The van der Waals surface area contributed by atoms with Gasteiger partial charge < -0.3 is 24.8 Å². The van der Waals surface area contributed by atoms with Gasteiger partial charge in [-0.1, -0.05) is 26.0 Å². The van der Waals surface area contributed by atoms with Crippen molar-refractivity contribution in [3.05, 3.63) is 29.8 Å². The van der Waals surface area contributed by atoms with E-state index in [0.29, 0.717) is 12.2 Å². The first kappa shape index (κ1) is 30.2.